The lowest BCUT2D eigenvalue weighted by Gasteiger charge is -2.28. The highest BCUT2D eigenvalue weighted by atomic mass is 32.2. The van der Waals surface area contributed by atoms with Crippen molar-refractivity contribution < 1.29 is 4.52 Å². The van der Waals surface area contributed by atoms with Gasteiger partial charge in [-0.05, 0) is 61.2 Å². The van der Waals surface area contributed by atoms with E-state index in [9.17, 15) is 0 Å². The average molecular weight is 450 g/mol. The van der Waals surface area contributed by atoms with Crippen molar-refractivity contribution in [2.24, 2.45) is 0 Å². The maximum Gasteiger partial charge on any atom is 0.258 e. The van der Waals surface area contributed by atoms with Crippen LogP contribution in [0.2, 0.25) is 0 Å². The van der Waals surface area contributed by atoms with Crippen molar-refractivity contribution >= 4 is 28.8 Å². The number of para-hydroxylation sites is 2. The number of hydrogen-bond acceptors (Lipinski definition) is 5. The highest BCUT2D eigenvalue weighted by Gasteiger charge is 2.18. The largest absolute Gasteiger partial charge is 0.334 e. The number of thioether (sulfide) groups is 1. The van der Waals surface area contributed by atoms with Crippen LogP contribution >= 0.6 is 11.8 Å². The first-order valence-corrected chi connectivity index (χ1v) is 12.0. The zero-order valence-corrected chi connectivity index (χ0v) is 19.3. The lowest BCUT2D eigenvalue weighted by molar-refractivity contribution is 0.432. The van der Waals surface area contributed by atoms with E-state index in [1.54, 1.807) is 11.8 Å². The van der Waals surface area contributed by atoms with Gasteiger partial charge in [-0.2, -0.15) is 4.98 Å². The molecule has 0 aliphatic rings. The fourth-order valence-corrected chi connectivity index (χ4v) is 4.42. The first-order chi connectivity index (χ1) is 16.2. The lowest BCUT2D eigenvalue weighted by atomic mass is 10.1. The van der Waals surface area contributed by atoms with Gasteiger partial charge in [0.25, 0.3) is 5.89 Å². The summed E-state index contributed by atoms with van der Waals surface area (Å²) in [5.74, 6) is 1.09. The molecule has 0 amide bonds. The van der Waals surface area contributed by atoms with Crippen LogP contribution in [0.4, 0.5) is 17.1 Å². The monoisotopic (exact) mass is 449 g/mol. The molecule has 0 saturated carbocycles. The standard InChI is InChI=1S/C28H23N3OS/c1-20-10-6-7-13-24(20)31(25-14-8-9-15-26(25)33-2)23-18-16-22(17-19-23)28-29-27(30-32-28)21-11-4-3-5-12-21/h3-19H,1-2H3. The van der Waals surface area contributed by atoms with Gasteiger partial charge in [-0.1, -0.05) is 65.8 Å². The van der Waals surface area contributed by atoms with Crippen molar-refractivity contribution in [2.75, 3.05) is 11.2 Å². The van der Waals surface area contributed by atoms with Crippen molar-refractivity contribution in [3.63, 3.8) is 0 Å². The van der Waals surface area contributed by atoms with Crippen molar-refractivity contribution in [1.29, 1.82) is 0 Å². The Kier molecular flexibility index (Phi) is 5.96. The highest BCUT2D eigenvalue weighted by Crippen LogP contribution is 2.41. The van der Waals surface area contributed by atoms with Crippen LogP contribution in [0.1, 0.15) is 5.56 Å². The van der Waals surface area contributed by atoms with Crippen molar-refractivity contribution in [3.05, 3.63) is 109 Å². The second-order valence-electron chi connectivity index (χ2n) is 7.63. The van der Waals surface area contributed by atoms with Crippen LogP contribution in [0, 0.1) is 6.92 Å². The summed E-state index contributed by atoms with van der Waals surface area (Å²) in [6.07, 6.45) is 2.11. The van der Waals surface area contributed by atoms with Crippen molar-refractivity contribution in [3.8, 4) is 22.8 Å². The second-order valence-corrected chi connectivity index (χ2v) is 8.48. The molecule has 1 heterocycles. The minimum absolute atomic E-state index is 0.507. The third-order valence-corrected chi connectivity index (χ3v) is 6.30. The molecule has 0 atom stereocenters. The molecule has 5 aromatic rings. The number of aromatic nitrogens is 2. The third-order valence-electron chi connectivity index (χ3n) is 5.51. The SMILES string of the molecule is CSc1ccccc1N(c1ccc(-c2nc(-c3ccccc3)no2)cc1)c1ccccc1C. The van der Waals surface area contributed by atoms with Crippen LogP contribution in [0.3, 0.4) is 0 Å². The van der Waals surface area contributed by atoms with Crippen LogP contribution in [0.15, 0.2) is 113 Å². The molecule has 0 aliphatic heterocycles. The molecule has 5 rings (SSSR count). The van der Waals surface area contributed by atoms with Crippen LogP contribution in [0.25, 0.3) is 22.8 Å². The maximum atomic E-state index is 5.55. The maximum absolute atomic E-state index is 5.55. The van der Waals surface area contributed by atoms with Gasteiger partial charge in [-0.25, -0.2) is 0 Å². The van der Waals surface area contributed by atoms with Gasteiger partial charge >= 0.3 is 0 Å². The summed E-state index contributed by atoms with van der Waals surface area (Å²) in [6.45, 7) is 2.14. The van der Waals surface area contributed by atoms with E-state index in [4.69, 9.17) is 4.52 Å². The van der Waals surface area contributed by atoms with Crippen LogP contribution in [0.5, 0.6) is 0 Å². The lowest BCUT2D eigenvalue weighted by Crippen LogP contribution is -2.12. The Hall–Kier alpha value is -3.83. The Morgan fingerprint density at radius 2 is 1.36 bits per heavy atom. The fraction of sp³-hybridized carbons (Fsp3) is 0.0714. The molecule has 5 heteroatoms. The second kappa shape index (κ2) is 9.35. The van der Waals surface area contributed by atoms with Gasteiger partial charge in [0, 0.05) is 27.4 Å². The Morgan fingerprint density at radius 3 is 2.09 bits per heavy atom. The molecule has 0 aliphatic carbocycles. The molecule has 0 spiro atoms. The smallest absolute Gasteiger partial charge is 0.258 e. The van der Waals surface area contributed by atoms with Gasteiger partial charge in [-0.3, -0.25) is 0 Å². The molecule has 4 aromatic carbocycles. The Bertz CT molecular complexity index is 1360. The molecular formula is C28H23N3OS. The molecule has 4 nitrogen and oxygen atoms in total. The van der Waals surface area contributed by atoms with E-state index in [2.05, 4.69) is 88.9 Å². The molecule has 33 heavy (non-hydrogen) atoms. The molecule has 0 radical (unpaired) electrons. The summed E-state index contributed by atoms with van der Waals surface area (Å²) < 4.78 is 5.55. The van der Waals surface area contributed by atoms with E-state index < -0.39 is 0 Å². The van der Waals surface area contributed by atoms with Crippen LogP contribution in [-0.4, -0.2) is 16.4 Å². The fourth-order valence-electron chi connectivity index (χ4n) is 3.84. The minimum Gasteiger partial charge on any atom is -0.334 e. The molecule has 0 fully saturated rings. The van der Waals surface area contributed by atoms with Gasteiger partial charge < -0.3 is 9.42 Å². The van der Waals surface area contributed by atoms with E-state index in [0.29, 0.717) is 11.7 Å². The number of hydrogen-bond donors (Lipinski definition) is 0. The van der Waals surface area contributed by atoms with E-state index >= 15 is 0 Å². The first kappa shape index (κ1) is 21.0. The predicted octanol–water partition coefficient (Wildman–Crippen LogP) is 7.90. The third kappa shape index (κ3) is 4.28. The number of anilines is 3. The average Bonchev–Trinajstić information content (AvgIpc) is 3.37. The van der Waals surface area contributed by atoms with Crippen molar-refractivity contribution in [1.82, 2.24) is 10.1 Å². The van der Waals surface area contributed by atoms with E-state index in [1.165, 1.54) is 10.5 Å². The molecule has 0 N–H and O–H groups in total. The highest BCUT2D eigenvalue weighted by molar-refractivity contribution is 7.98. The quantitative estimate of drug-likeness (QED) is 0.246. The normalized spacial score (nSPS) is 10.8. The Labute approximate surface area is 197 Å². The van der Waals surface area contributed by atoms with Gasteiger partial charge in [0.15, 0.2) is 0 Å². The minimum atomic E-state index is 0.507. The van der Waals surface area contributed by atoms with Gasteiger partial charge in [0.2, 0.25) is 5.82 Å². The molecule has 0 saturated heterocycles. The Balaban J connectivity index is 1.54. The zero-order chi connectivity index (χ0) is 22.6. The van der Waals surface area contributed by atoms with Crippen molar-refractivity contribution in [2.45, 2.75) is 11.8 Å². The number of aryl methyl sites for hydroxylation is 1. The Morgan fingerprint density at radius 1 is 0.697 bits per heavy atom. The molecule has 0 bridgehead atoms. The van der Waals surface area contributed by atoms with E-state index in [0.717, 1.165) is 28.2 Å². The van der Waals surface area contributed by atoms with E-state index in [-0.39, 0.29) is 0 Å². The molecular weight excluding hydrogens is 426 g/mol. The molecule has 1 aromatic heterocycles. The number of benzene rings is 4. The van der Waals surface area contributed by atoms with E-state index in [1.807, 2.05) is 42.5 Å². The number of rotatable bonds is 6. The molecule has 162 valence electrons. The van der Waals surface area contributed by atoms with Gasteiger partial charge in [0.05, 0.1) is 5.69 Å². The summed E-state index contributed by atoms with van der Waals surface area (Å²) in [4.78, 5) is 8.11. The molecule has 0 unspecified atom stereocenters. The first-order valence-electron chi connectivity index (χ1n) is 10.7. The zero-order valence-electron chi connectivity index (χ0n) is 18.5. The summed E-state index contributed by atoms with van der Waals surface area (Å²) in [5, 5.41) is 4.15. The predicted molar refractivity (Wildman–Crippen MR) is 136 cm³/mol. The van der Waals surface area contributed by atoms with Crippen LogP contribution < -0.4 is 4.90 Å². The summed E-state index contributed by atoms with van der Waals surface area (Å²) in [7, 11) is 0. The number of nitrogens with zero attached hydrogens (tertiary/aromatic N) is 3. The van der Waals surface area contributed by atoms with Crippen LogP contribution in [-0.2, 0) is 0 Å². The topological polar surface area (TPSA) is 42.2 Å². The summed E-state index contributed by atoms with van der Waals surface area (Å²) >= 11 is 1.74. The summed E-state index contributed by atoms with van der Waals surface area (Å²) in [6, 6.07) is 35.0. The summed E-state index contributed by atoms with van der Waals surface area (Å²) in [5.41, 5.74) is 6.39. The van der Waals surface area contributed by atoms with Gasteiger partial charge in [0.1, 0.15) is 0 Å². The van der Waals surface area contributed by atoms with Gasteiger partial charge in [-0.15, -0.1) is 11.8 Å².